The lowest BCUT2D eigenvalue weighted by atomic mass is 10.1. The van der Waals surface area contributed by atoms with Gasteiger partial charge in [0.2, 0.25) is 10.0 Å². The second-order valence-corrected chi connectivity index (χ2v) is 8.66. The number of nitrogens with zero attached hydrogens (tertiary/aromatic N) is 2. The highest BCUT2D eigenvalue weighted by molar-refractivity contribution is 7.92. The van der Waals surface area contributed by atoms with E-state index >= 15 is 0 Å². The van der Waals surface area contributed by atoms with Crippen LogP contribution in [0.1, 0.15) is 10.6 Å². The van der Waals surface area contributed by atoms with E-state index in [1.807, 2.05) is 17.5 Å². The molecule has 0 aliphatic rings. The van der Waals surface area contributed by atoms with Crippen LogP contribution in [0.3, 0.4) is 0 Å². The summed E-state index contributed by atoms with van der Waals surface area (Å²) < 4.78 is 37.3. The van der Waals surface area contributed by atoms with Gasteiger partial charge < -0.3 is 0 Å². The van der Waals surface area contributed by atoms with Crippen LogP contribution in [0, 0.1) is 5.82 Å². The number of sulfonamides is 1. The van der Waals surface area contributed by atoms with Crippen LogP contribution in [0.2, 0.25) is 0 Å². The Balaban J connectivity index is 1.77. The van der Waals surface area contributed by atoms with Crippen LogP contribution in [0.4, 0.5) is 10.1 Å². The highest BCUT2D eigenvalue weighted by Gasteiger charge is 2.12. The van der Waals surface area contributed by atoms with Gasteiger partial charge in [0, 0.05) is 24.4 Å². The van der Waals surface area contributed by atoms with Crippen LogP contribution >= 0.6 is 11.3 Å². The Kier molecular flexibility index (Phi) is 4.87. The van der Waals surface area contributed by atoms with Gasteiger partial charge >= 0.3 is 0 Å². The van der Waals surface area contributed by atoms with Gasteiger partial charge in [-0.15, -0.1) is 11.3 Å². The lowest BCUT2D eigenvalue weighted by Gasteiger charge is -2.16. The van der Waals surface area contributed by atoms with Gasteiger partial charge in [0.25, 0.3) is 0 Å². The van der Waals surface area contributed by atoms with Crippen molar-refractivity contribution in [1.29, 1.82) is 0 Å². The summed E-state index contributed by atoms with van der Waals surface area (Å²) in [4.78, 5) is 4.61. The van der Waals surface area contributed by atoms with Crippen molar-refractivity contribution in [3.05, 3.63) is 70.3 Å². The molecule has 7 heteroatoms. The highest BCUT2D eigenvalue weighted by atomic mass is 32.2. The predicted molar refractivity (Wildman–Crippen MR) is 100 cm³/mol. The molecule has 1 heterocycles. The molecule has 0 aliphatic carbocycles. The van der Waals surface area contributed by atoms with E-state index in [2.05, 4.69) is 4.98 Å². The van der Waals surface area contributed by atoms with E-state index < -0.39 is 10.0 Å². The summed E-state index contributed by atoms with van der Waals surface area (Å²) in [5, 5.41) is 2.91. The molecule has 4 nitrogen and oxygen atoms in total. The molecule has 0 radical (unpaired) electrons. The third kappa shape index (κ3) is 4.24. The number of halogens is 1. The molecule has 0 saturated carbocycles. The van der Waals surface area contributed by atoms with Crippen LogP contribution in [0.5, 0.6) is 0 Å². The van der Waals surface area contributed by atoms with Crippen LogP contribution in [-0.2, 0) is 16.4 Å². The molecule has 130 valence electrons. The quantitative estimate of drug-likeness (QED) is 0.678. The van der Waals surface area contributed by atoms with Gasteiger partial charge in [-0.05, 0) is 29.8 Å². The van der Waals surface area contributed by atoms with Gasteiger partial charge in [-0.3, -0.25) is 4.31 Å². The zero-order valence-corrected chi connectivity index (χ0v) is 15.4. The Labute approximate surface area is 150 Å². The Bertz CT molecular complexity index is 965. The van der Waals surface area contributed by atoms with Crippen LogP contribution in [0.15, 0.2) is 53.9 Å². The molecule has 0 spiro atoms. The molecule has 25 heavy (non-hydrogen) atoms. The van der Waals surface area contributed by atoms with Gasteiger partial charge in [0.15, 0.2) is 0 Å². The van der Waals surface area contributed by atoms with Gasteiger partial charge in [-0.2, -0.15) is 0 Å². The number of aromatic nitrogens is 1. The Morgan fingerprint density at radius 2 is 1.72 bits per heavy atom. The second kappa shape index (κ2) is 6.93. The molecule has 1 aromatic heterocycles. The topological polar surface area (TPSA) is 50.3 Å². The van der Waals surface area contributed by atoms with Gasteiger partial charge in [-0.25, -0.2) is 17.8 Å². The largest absolute Gasteiger partial charge is 0.274 e. The van der Waals surface area contributed by atoms with E-state index in [0.717, 1.165) is 21.8 Å². The van der Waals surface area contributed by atoms with Crippen molar-refractivity contribution in [1.82, 2.24) is 4.98 Å². The molecule has 2 aromatic carbocycles. The summed E-state index contributed by atoms with van der Waals surface area (Å²) >= 11 is 1.55. The first-order valence-electron chi connectivity index (χ1n) is 7.56. The molecule has 3 aromatic rings. The van der Waals surface area contributed by atoms with E-state index in [4.69, 9.17) is 0 Å². The normalized spacial score (nSPS) is 11.5. The minimum Gasteiger partial charge on any atom is -0.274 e. The summed E-state index contributed by atoms with van der Waals surface area (Å²) in [5.74, 6) is -0.247. The standard InChI is InChI=1S/C18H17FN2O2S2/c1-21(25(2,22)23)16-9-5-14(6-10-16)17-12-24-18(20-17)11-13-3-7-15(19)8-4-13/h3-10,12H,11H2,1-2H3. The van der Waals surface area contributed by atoms with Gasteiger partial charge in [-0.1, -0.05) is 24.3 Å². The van der Waals surface area contributed by atoms with Crippen molar-refractivity contribution in [2.45, 2.75) is 6.42 Å². The maximum absolute atomic E-state index is 13.0. The molecule has 0 saturated heterocycles. The summed E-state index contributed by atoms with van der Waals surface area (Å²) in [6.45, 7) is 0. The van der Waals surface area contributed by atoms with E-state index in [1.54, 1.807) is 35.6 Å². The molecule has 0 bridgehead atoms. The van der Waals surface area contributed by atoms with Crippen molar-refractivity contribution >= 4 is 27.0 Å². The van der Waals surface area contributed by atoms with Crippen LogP contribution in [-0.4, -0.2) is 26.7 Å². The molecule has 0 atom stereocenters. The van der Waals surface area contributed by atoms with Gasteiger partial charge in [0.1, 0.15) is 5.82 Å². The average Bonchev–Trinajstić information content (AvgIpc) is 3.04. The number of rotatable bonds is 5. The first-order valence-corrected chi connectivity index (χ1v) is 10.3. The fraction of sp³-hybridized carbons (Fsp3) is 0.167. The predicted octanol–water partition coefficient (Wildman–Crippen LogP) is 3.94. The van der Waals surface area contributed by atoms with Crippen molar-refractivity contribution in [2.24, 2.45) is 0 Å². The minimum atomic E-state index is -3.27. The van der Waals surface area contributed by atoms with Crippen molar-refractivity contribution in [3.63, 3.8) is 0 Å². The average molecular weight is 376 g/mol. The van der Waals surface area contributed by atoms with Crippen molar-refractivity contribution < 1.29 is 12.8 Å². The molecule has 0 fully saturated rings. The second-order valence-electron chi connectivity index (χ2n) is 5.71. The minimum absolute atomic E-state index is 0.247. The first kappa shape index (κ1) is 17.6. The molecule has 0 N–H and O–H groups in total. The molecule has 0 amide bonds. The van der Waals surface area contributed by atoms with Crippen LogP contribution in [0.25, 0.3) is 11.3 Å². The van der Waals surface area contributed by atoms with E-state index in [1.165, 1.54) is 29.7 Å². The number of thiazole rings is 1. The fourth-order valence-corrected chi connectivity index (χ4v) is 3.68. The third-order valence-electron chi connectivity index (χ3n) is 3.84. The summed E-state index contributed by atoms with van der Waals surface area (Å²) in [6, 6.07) is 13.6. The zero-order chi connectivity index (χ0) is 18.0. The molecule has 3 rings (SSSR count). The molecule has 0 aliphatic heterocycles. The van der Waals surface area contributed by atoms with Gasteiger partial charge in [0.05, 0.1) is 22.6 Å². The number of hydrogen-bond donors (Lipinski definition) is 0. The fourth-order valence-electron chi connectivity index (χ4n) is 2.34. The molecular weight excluding hydrogens is 359 g/mol. The molecule has 0 unspecified atom stereocenters. The van der Waals surface area contributed by atoms with E-state index in [9.17, 15) is 12.8 Å². The Morgan fingerprint density at radius 1 is 1.08 bits per heavy atom. The number of anilines is 1. The Hall–Kier alpha value is -2.25. The number of hydrogen-bond acceptors (Lipinski definition) is 4. The zero-order valence-electron chi connectivity index (χ0n) is 13.8. The van der Waals surface area contributed by atoms with E-state index in [-0.39, 0.29) is 5.82 Å². The number of benzene rings is 2. The summed E-state index contributed by atoms with van der Waals surface area (Å²) in [7, 11) is -1.75. The summed E-state index contributed by atoms with van der Waals surface area (Å²) in [5.41, 5.74) is 3.38. The maximum Gasteiger partial charge on any atom is 0.231 e. The first-order chi connectivity index (χ1) is 11.8. The van der Waals surface area contributed by atoms with Crippen LogP contribution < -0.4 is 4.31 Å². The molecular formula is C18H17FN2O2S2. The maximum atomic E-state index is 13.0. The Morgan fingerprint density at radius 3 is 2.32 bits per heavy atom. The lowest BCUT2D eigenvalue weighted by molar-refractivity contribution is 0.600. The SMILES string of the molecule is CN(c1ccc(-c2csc(Cc3ccc(F)cc3)n2)cc1)S(C)(=O)=O. The monoisotopic (exact) mass is 376 g/mol. The smallest absolute Gasteiger partial charge is 0.231 e. The van der Waals surface area contributed by atoms with Crippen molar-refractivity contribution in [3.8, 4) is 11.3 Å². The summed E-state index contributed by atoms with van der Waals surface area (Å²) in [6.07, 6.45) is 1.82. The third-order valence-corrected chi connectivity index (χ3v) is 5.90. The van der Waals surface area contributed by atoms with Crippen molar-refractivity contribution in [2.75, 3.05) is 17.6 Å². The highest BCUT2D eigenvalue weighted by Crippen LogP contribution is 2.26. The lowest BCUT2D eigenvalue weighted by Crippen LogP contribution is -2.24. The van der Waals surface area contributed by atoms with E-state index in [0.29, 0.717) is 12.1 Å².